The van der Waals surface area contributed by atoms with Gasteiger partial charge in [-0.2, -0.15) is 0 Å². The number of nitrogens with one attached hydrogen (secondary N) is 1. The molecule has 9 nitrogen and oxygen atoms in total. The first-order valence-electron chi connectivity index (χ1n) is 12.0. The molecule has 0 aromatic heterocycles. The number of hydrogen-bond donors (Lipinski definition) is 2. The van der Waals surface area contributed by atoms with Crippen molar-refractivity contribution in [2.75, 3.05) is 6.61 Å². The van der Waals surface area contributed by atoms with E-state index in [0.29, 0.717) is 17.0 Å². The fourth-order valence-electron chi connectivity index (χ4n) is 3.41. The molecule has 0 spiro atoms. The number of benzene rings is 1. The average Bonchev–Trinajstić information content (AvgIpc) is 2.88. The molecule has 3 atom stereocenters. The van der Waals surface area contributed by atoms with Crippen molar-refractivity contribution >= 4 is 17.6 Å². The molecular weight excluding hydrogens is 488 g/mol. The zero-order chi connectivity index (χ0) is 28.8. The molecule has 0 amide bonds. The van der Waals surface area contributed by atoms with E-state index >= 15 is 0 Å². The van der Waals surface area contributed by atoms with E-state index in [4.69, 9.17) is 14.6 Å². The first-order chi connectivity index (χ1) is 18.0. The van der Waals surface area contributed by atoms with Gasteiger partial charge in [-0.05, 0) is 46.3 Å². The molecule has 1 aliphatic heterocycles. The molecule has 2 rings (SSSR count). The molecule has 0 fully saturated rings. The number of carbonyl (C=O) groups is 2. The lowest BCUT2D eigenvalue weighted by Gasteiger charge is -2.30. The molecule has 1 heterocycles. The summed E-state index contributed by atoms with van der Waals surface area (Å²) in [5.41, 5.74) is 1.56. The van der Waals surface area contributed by atoms with E-state index in [0.717, 1.165) is 0 Å². The highest BCUT2D eigenvalue weighted by Gasteiger charge is 2.38. The molecule has 0 radical (unpaired) electrons. The lowest BCUT2D eigenvalue weighted by molar-refractivity contribution is -0.384. The summed E-state index contributed by atoms with van der Waals surface area (Å²) in [6, 6.07) is 5.84. The first-order valence-corrected chi connectivity index (χ1v) is 12.0. The molecule has 1 aliphatic rings. The number of ether oxygens (including phenoxy) is 2. The van der Waals surface area contributed by atoms with Crippen molar-refractivity contribution in [3.05, 3.63) is 112 Å². The number of nitrogens with zero attached hydrogens (tertiary/aromatic N) is 1. The SMILES string of the molecule is C=CC(C)O.C=CC(C)OC(=O)C1=C(C)NC(C)=C(C(=O)OC/C=C/C=C/C)C1c1cccc([N+](=O)[O-])c1. The molecule has 1 aromatic rings. The summed E-state index contributed by atoms with van der Waals surface area (Å²) in [6.45, 7) is 15.5. The van der Waals surface area contributed by atoms with Crippen molar-refractivity contribution in [1.29, 1.82) is 0 Å². The first kappa shape index (κ1) is 31.8. The summed E-state index contributed by atoms with van der Waals surface area (Å²) in [6.07, 6.45) is 9.08. The second-order valence-electron chi connectivity index (χ2n) is 8.36. The highest BCUT2D eigenvalue weighted by atomic mass is 16.6. The standard InChI is InChI=1S/C25H28N2O6.C4H8O/c1-6-8-9-10-14-32-24(28)21-17(4)26-18(5)22(25(29)33-16(3)7-2)23(21)19-12-11-13-20(15-19)27(30)31;1-3-4(2)5/h6-13,15-16,23,26H,2,14H2,1,3-5H3;3-5H,1H2,2H3/b8-6+,10-9+;. The lowest BCUT2D eigenvalue weighted by Crippen LogP contribution is -2.33. The Morgan fingerprint density at radius 2 is 1.74 bits per heavy atom. The minimum atomic E-state index is -0.914. The Morgan fingerprint density at radius 1 is 1.13 bits per heavy atom. The van der Waals surface area contributed by atoms with Gasteiger partial charge in [-0.1, -0.05) is 49.1 Å². The Labute approximate surface area is 223 Å². The van der Waals surface area contributed by atoms with Gasteiger partial charge in [-0.3, -0.25) is 10.1 Å². The van der Waals surface area contributed by atoms with E-state index in [9.17, 15) is 19.7 Å². The summed E-state index contributed by atoms with van der Waals surface area (Å²) in [5.74, 6) is -2.21. The minimum Gasteiger partial charge on any atom is -0.458 e. The maximum absolute atomic E-state index is 13.1. The van der Waals surface area contributed by atoms with Crippen LogP contribution in [0, 0.1) is 10.1 Å². The number of nitro benzene ring substituents is 1. The minimum absolute atomic E-state index is 0.0254. The molecule has 3 unspecified atom stereocenters. The summed E-state index contributed by atoms with van der Waals surface area (Å²) in [7, 11) is 0. The maximum Gasteiger partial charge on any atom is 0.337 e. The third-order valence-corrected chi connectivity index (χ3v) is 5.33. The molecule has 9 heteroatoms. The topological polar surface area (TPSA) is 128 Å². The van der Waals surface area contributed by atoms with Gasteiger partial charge in [0.1, 0.15) is 12.7 Å². The quantitative estimate of drug-likeness (QED) is 0.141. The molecule has 204 valence electrons. The predicted molar refractivity (Wildman–Crippen MR) is 147 cm³/mol. The van der Waals surface area contributed by atoms with Crippen LogP contribution in [0.3, 0.4) is 0 Å². The Kier molecular flexibility index (Phi) is 13.2. The Bertz CT molecular complexity index is 1160. The van der Waals surface area contributed by atoms with Crippen LogP contribution in [0.4, 0.5) is 5.69 Å². The number of aliphatic hydroxyl groups excluding tert-OH is 1. The highest BCUT2D eigenvalue weighted by molar-refractivity contribution is 6.00. The normalized spacial score (nSPS) is 16.7. The third-order valence-electron chi connectivity index (χ3n) is 5.33. The van der Waals surface area contributed by atoms with Crippen LogP contribution in [0.2, 0.25) is 0 Å². The number of dihydropyridines is 1. The summed E-state index contributed by atoms with van der Waals surface area (Å²) in [5, 5.41) is 22.7. The van der Waals surface area contributed by atoms with E-state index in [1.54, 1.807) is 52.0 Å². The van der Waals surface area contributed by atoms with Gasteiger partial charge in [-0.25, -0.2) is 9.59 Å². The second-order valence-corrected chi connectivity index (χ2v) is 8.36. The molecule has 1 aromatic carbocycles. The number of carbonyl (C=O) groups excluding carboxylic acids is 2. The zero-order valence-corrected chi connectivity index (χ0v) is 22.5. The maximum atomic E-state index is 13.1. The van der Waals surface area contributed by atoms with Gasteiger partial charge in [-0.15, -0.1) is 6.58 Å². The van der Waals surface area contributed by atoms with Gasteiger partial charge >= 0.3 is 11.9 Å². The number of allylic oxidation sites excluding steroid dienone is 5. The van der Waals surface area contributed by atoms with Crippen LogP contribution in [0.1, 0.15) is 46.1 Å². The second kappa shape index (κ2) is 15.8. The molecule has 0 saturated heterocycles. The van der Waals surface area contributed by atoms with Crippen LogP contribution >= 0.6 is 0 Å². The predicted octanol–water partition coefficient (Wildman–Crippen LogP) is 5.18. The Hall–Kier alpha value is -4.24. The Balaban J connectivity index is 0.00000132. The number of nitro groups is 1. The fourth-order valence-corrected chi connectivity index (χ4v) is 3.41. The molecule has 38 heavy (non-hydrogen) atoms. The van der Waals surface area contributed by atoms with Crippen molar-refractivity contribution in [2.24, 2.45) is 0 Å². The molecule has 2 N–H and O–H groups in total. The monoisotopic (exact) mass is 524 g/mol. The number of aliphatic hydroxyl groups is 1. The van der Waals surface area contributed by atoms with Gasteiger partial charge in [0.05, 0.1) is 28.1 Å². The van der Waals surface area contributed by atoms with Crippen LogP contribution in [-0.2, 0) is 19.1 Å². The fraction of sp³-hybridized carbons (Fsp3) is 0.310. The van der Waals surface area contributed by atoms with Crippen molar-refractivity contribution in [3.63, 3.8) is 0 Å². The van der Waals surface area contributed by atoms with Gasteiger partial charge in [0, 0.05) is 23.5 Å². The average molecular weight is 525 g/mol. The number of non-ortho nitro benzene ring substituents is 1. The largest absolute Gasteiger partial charge is 0.458 e. The van der Waals surface area contributed by atoms with Crippen LogP contribution in [0.25, 0.3) is 0 Å². The van der Waals surface area contributed by atoms with E-state index < -0.39 is 28.9 Å². The van der Waals surface area contributed by atoms with Gasteiger partial charge in [0.15, 0.2) is 0 Å². The van der Waals surface area contributed by atoms with Gasteiger partial charge < -0.3 is 19.9 Å². The van der Waals surface area contributed by atoms with Crippen LogP contribution in [-0.4, -0.2) is 40.8 Å². The highest BCUT2D eigenvalue weighted by Crippen LogP contribution is 2.40. The van der Waals surface area contributed by atoms with E-state index in [1.807, 2.05) is 13.0 Å². The summed E-state index contributed by atoms with van der Waals surface area (Å²) >= 11 is 0. The van der Waals surface area contributed by atoms with Gasteiger partial charge in [0.25, 0.3) is 5.69 Å². The third kappa shape index (κ3) is 9.33. The van der Waals surface area contributed by atoms with E-state index in [2.05, 4.69) is 18.5 Å². The van der Waals surface area contributed by atoms with Crippen molar-refractivity contribution in [1.82, 2.24) is 5.32 Å². The van der Waals surface area contributed by atoms with Crippen LogP contribution in [0.5, 0.6) is 0 Å². The van der Waals surface area contributed by atoms with E-state index in [1.165, 1.54) is 30.4 Å². The Morgan fingerprint density at radius 3 is 2.26 bits per heavy atom. The smallest absolute Gasteiger partial charge is 0.337 e. The molecular formula is C29H36N2O7. The van der Waals surface area contributed by atoms with Crippen molar-refractivity contribution in [2.45, 2.75) is 52.7 Å². The number of esters is 2. The molecule has 0 aliphatic carbocycles. The summed E-state index contributed by atoms with van der Waals surface area (Å²) in [4.78, 5) is 37.0. The van der Waals surface area contributed by atoms with Crippen LogP contribution in [0.15, 0.2) is 96.4 Å². The van der Waals surface area contributed by atoms with Crippen LogP contribution < -0.4 is 5.32 Å². The van der Waals surface area contributed by atoms with Gasteiger partial charge in [0.2, 0.25) is 0 Å². The number of rotatable bonds is 10. The molecule has 0 bridgehead atoms. The van der Waals surface area contributed by atoms with Crippen molar-refractivity contribution in [3.8, 4) is 0 Å². The molecule has 0 saturated carbocycles. The summed E-state index contributed by atoms with van der Waals surface area (Å²) < 4.78 is 10.9. The van der Waals surface area contributed by atoms with E-state index in [-0.39, 0.29) is 29.5 Å². The zero-order valence-electron chi connectivity index (χ0n) is 22.5. The lowest BCUT2D eigenvalue weighted by atomic mass is 9.80. The number of hydrogen-bond acceptors (Lipinski definition) is 8. The van der Waals surface area contributed by atoms with Crippen molar-refractivity contribution < 1.29 is 29.1 Å².